The van der Waals surface area contributed by atoms with Gasteiger partial charge in [-0.25, -0.2) is 0 Å². The molecule has 7 heteroatoms. The second-order valence-corrected chi connectivity index (χ2v) is 11.2. The average molecular weight is 484 g/mol. The Morgan fingerprint density at radius 3 is 2.06 bits per heavy atom. The predicted molar refractivity (Wildman–Crippen MR) is 145 cm³/mol. The molecule has 2 unspecified atom stereocenters. The van der Waals surface area contributed by atoms with Crippen molar-refractivity contribution in [3.8, 4) is 0 Å². The topological polar surface area (TPSA) is 52.7 Å². The molecule has 0 N–H and O–H groups in total. The molecule has 0 aliphatic carbocycles. The highest BCUT2D eigenvalue weighted by molar-refractivity contribution is 8.09. The van der Waals surface area contributed by atoms with Crippen molar-refractivity contribution in [3.05, 3.63) is 88.4 Å². The number of hydrogen-bond donors (Lipinski definition) is 0. The maximum Gasteiger partial charge on any atom is 0.117 e. The number of fused-ring (bicyclic) bond motifs is 2. The Morgan fingerprint density at radius 2 is 1.35 bits per heavy atom. The molecule has 0 aromatic heterocycles. The van der Waals surface area contributed by atoms with Crippen LogP contribution in [0.25, 0.3) is 10.8 Å². The number of rotatable bonds is 5. The van der Waals surface area contributed by atoms with Crippen LogP contribution in [0.3, 0.4) is 0 Å². The molecule has 34 heavy (non-hydrogen) atoms. The van der Waals surface area contributed by atoms with Gasteiger partial charge in [-0.3, -0.25) is 0 Å². The minimum absolute atomic E-state index is 0.334. The Hall–Kier alpha value is -2.90. The molecule has 5 nitrogen and oxygen atoms in total. The summed E-state index contributed by atoms with van der Waals surface area (Å²) in [5, 5.41) is 23.1. The van der Waals surface area contributed by atoms with E-state index < -0.39 is 0 Å². The molecule has 0 saturated carbocycles. The van der Waals surface area contributed by atoms with E-state index in [0.717, 1.165) is 39.9 Å². The van der Waals surface area contributed by atoms with Gasteiger partial charge in [0.05, 0.1) is 11.4 Å². The summed E-state index contributed by atoms with van der Waals surface area (Å²) in [7, 11) is 0. The fraction of sp³-hybridized carbons (Fsp3) is 0.259. The monoisotopic (exact) mass is 483 g/mol. The maximum absolute atomic E-state index is 4.66. The van der Waals surface area contributed by atoms with E-state index in [4.69, 9.17) is 0 Å². The summed E-state index contributed by atoms with van der Waals surface area (Å²) in [6.07, 6.45) is 6.93. The fourth-order valence-corrected chi connectivity index (χ4v) is 7.06. The molecule has 3 aromatic carbocycles. The predicted octanol–water partition coefficient (Wildman–Crippen LogP) is 8.53. The zero-order valence-corrected chi connectivity index (χ0v) is 20.6. The Bertz CT molecular complexity index is 1340. The van der Waals surface area contributed by atoms with Gasteiger partial charge >= 0.3 is 0 Å². The van der Waals surface area contributed by atoms with E-state index in [1.54, 1.807) is 23.5 Å². The lowest BCUT2D eigenvalue weighted by Gasteiger charge is -2.20. The normalized spacial score (nSPS) is 22.2. The number of hydrogen-bond acceptors (Lipinski definition) is 7. The molecule has 3 aromatic rings. The molecule has 0 amide bonds. The molecule has 0 bridgehead atoms. The third-order valence-corrected chi connectivity index (χ3v) is 8.82. The van der Waals surface area contributed by atoms with Crippen molar-refractivity contribution in [1.29, 1.82) is 0 Å². The van der Waals surface area contributed by atoms with Gasteiger partial charge in [0.25, 0.3) is 0 Å². The SMILES string of the molecule is Cc1ccc(N=NC2=CC3SC(N=Nc4ccc(N5CCCC5)c5ccccc45)=CC3S2)cc1. The number of thioether (sulfide) groups is 2. The third kappa shape index (κ3) is 4.42. The summed E-state index contributed by atoms with van der Waals surface area (Å²) in [4.78, 5) is 2.48. The quantitative estimate of drug-likeness (QED) is 0.342. The van der Waals surface area contributed by atoms with Crippen LogP contribution in [0.4, 0.5) is 17.1 Å². The highest BCUT2D eigenvalue weighted by Crippen LogP contribution is 2.48. The van der Waals surface area contributed by atoms with Crippen LogP contribution in [0.5, 0.6) is 0 Å². The van der Waals surface area contributed by atoms with Crippen molar-refractivity contribution in [2.45, 2.75) is 30.3 Å². The first-order valence-electron chi connectivity index (χ1n) is 11.7. The zero-order valence-electron chi connectivity index (χ0n) is 19.0. The molecular weight excluding hydrogens is 458 g/mol. The standard InChI is InChI=1S/C27H25N5S2/c1-18-8-10-19(11-9-18)28-30-26-16-24-25(33-26)17-27(34-24)31-29-22-12-13-23(32-14-4-5-15-32)21-7-3-2-6-20(21)22/h2-3,6-13,16-17,24-25H,4-5,14-15H2,1H3. The van der Waals surface area contributed by atoms with Gasteiger partial charge < -0.3 is 4.90 Å². The Balaban J connectivity index is 1.15. The largest absolute Gasteiger partial charge is 0.371 e. The summed E-state index contributed by atoms with van der Waals surface area (Å²) in [6.45, 7) is 4.34. The molecule has 1 saturated heterocycles. The first kappa shape index (κ1) is 21.6. The Kier molecular flexibility index (Phi) is 5.97. The van der Waals surface area contributed by atoms with Crippen molar-refractivity contribution in [2.75, 3.05) is 18.0 Å². The number of aryl methyl sites for hydroxylation is 1. The van der Waals surface area contributed by atoms with Crippen LogP contribution in [0, 0.1) is 6.92 Å². The minimum Gasteiger partial charge on any atom is -0.371 e. The van der Waals surface area contributed by atoms with Crippen LogP contribution in [0.15, 0.2) is 103 Å². The number of nitrogens with zero attached hydrogens (tertiary/aromatic N) is 5. The lowest BCUT2D eigenvalue weighted by atomic mass is 10.1. The van der Waals surface area contributed by atoms with Gasteiger partial charge in [-0.05, 0) is 56.2 Å². The van der Waals surface area contributed by atoms with Crippen LogP contribution >= 0.6 is 23.5 Å². The van der Waals surface area contributed by atoms with E-state index in [0.29, 0.717) is 10.5 Å². The van der Waals surface area contributed by atoms with E-state index in [2.05, 4.69) is 93.0 Å². The third-order valence-electron chi connectivity index (χ3n) is 6.33. The van der Waals surface area contributed by atoms with E-state index in [9.17, 15) is 0 Å². The molecule has 0 radical (unpaired) electrons. The van der Waals surface area contributed by atoms with E-state index in [1.165, 1.54) is 29.5 Å². The smallest absolute Gasteiger partial charge is 0.117 e. The molecule has 3 aliphatic rings. The highest BCUT2D eigenvalue weighted by Gasteiger charge is 2.34. The number of anilines is 1. The summed E-state index contributed by atoms with van der Waals surface area (Å²) in [5.74, 6) is 0. The van der Waals surface area contributed by atoms with Crippen LogP contribution in [-0.2, 0) is 0 Å². The molecule has 170 valence electrons. The summed E-state index contributed by atoms with van der Waals surface area (Å²) in [6, 6.07) is 20.9. The fourth-order valence-electron chi connectivity index (χ4n) is 4.55. The van der Waals surface area contributed by atoms with Gasteiger partial charge in [0, 0.05) is 40.0 Å². The van der Waals surface area contributed by atoms with Crippen molar-refractivity contribution in [3.63, 3.8) is 0 Å². The number of benzene rings is 3. The molecule has 3 heterocycles. The van der Waals surface area contributed by atoms with Crippen molar-refractivity contribution >= 4 is 51.4 Å². The summed E-state index contributed by atoms with van der Waals surface area (Å²) in [5.41, 5.74) is 4.34. The van der Waals surface area contributed by atoms with E-state index in [1.807, 2.05) is 12.1 Å². The van der Waals surface area contributed by atoms with E-state index in [-0.39, 0.29) is 0 Å². The van der Waals surface area contributed by atoms with Crippen LogP contribution in [-0.4, -0.2) is 23.6 Å². The molecular formula is C27H25N5S2. The van der Waals surface area contributed by atoms with Crippen LogP contribution in [0.1, 0.15) is 18.4 Å². The van der Waals surface area contributed by atoms with Crippen LogP contribution in [0.2, 0.25) is 0 Å². The van der Waals surface area contributed by atoms with Crippen molar-refractivity contribution in [2.24, 2.45) is 20.5 Å². The first-order valence-corrected chi connectivity index (χ1v) is 13.4. The van der Waals surface area contributed by atoms with Gasteiger partial charge in [0.1, 0.15) is 10.1 Å². The second-order valence-electron chi connectivity index (χ2n) is 8.75. The molecule has 0 spiro atoms. The molecule has 2 atom stereocenters. The Morgan fingerprint density at radius 1 is 0.706 bits per heavy atom. The zero-order chi connectivity index (χ0) is 22.9. The summed E-state index contributed by atoms with van der Waals surface area (Å²) >= 11 is 3.49. The molecule has 1 fully saturated rings. The lowest BCUT2D eigenvalue weighted by molar-refractivity contribution is 0.949. The highest BCUT2D eigenvalue weighted by atomic mass is 32.2. The van der Waals surface area contributed by atoms with Gasteiger partial charge in [-0.1, -0.05) is 65.5 Å². The van der Waals surface area contributed by atoms with Crippen molar-refractivity contribution < 1.29 is 0 Å². The van der Waals surface area contributed by atoms with Gasteiger partial charge in [-0.2, -0.15) is 5.11 Å². The maximum atomic E-state index is 4.66. The Labute approximate surface area is 208 Å². The summed E-state index contributed by atoms with van der Waals surface area (Å²) < 4.78 is 0. The minimum atomic E-state index is 0.334. The van der Waals surface area contributed by atoms with Gasteiger partial charge in [0.2, 0.25) is 0 Å². The van der Waals surface area contributed by atoms with E-state index >= 15 is 0 Å². The van der Waals surface area contributed by atoms with Gasteiger partial charge in [0.15, 0.2) is 0 Å². The average Bonchev–Trinajstić information content (AvgIpc) is 3.59. The number of azo groups is 2. The second kappa shape index (κ2) is 9.39. The van der Waals surface area contributed by atoms with Crippen LogP contribution < -0.4 is 4.90 Å². The molecule has 3 aliphatic heterocycles. The first-order chi connectivity index (χ1) is 16.7. The van der Waals surface area contributed by atoms with Gasteiger partial charge in [-0.15, -0.1) is 15.3 Å². The lowest BCUT2D eigenvalue weighted by Crippen LogP contribution is -2.17. The van der Waals surface area contributed by atoms with Crippen molar-refractivity contribution in [1.82, 2.24) is 0 Å². The molecule has 6 rings (SSSR count).